The van der Waals surface area contributed by atoms with Gasteiger partial charge in [0.2, 0.25) is 0 Å². The first kappa shape index (κ1) is 12.1. The van der Waals surface area contributed by atoms with Crippen LogP contribution < -0.4 is 11.1 Å². The van der Waals surface area contributed by atoms with E-state index in [9.17, 15) is 0 Å². The summed E-state index contributed by atoms with van der Waals surface area (Å²) in [6, 6.07) is 3.60. The number of aliphatic hydroxyl groups is 1. The monoisotopic (exact) mass is 228 g/mol. The Morgan fingerprint density at radius 1 is 1.47 bits per heavy atom. The van der Waals surface area contributed by atoms with Crippen molar-refractivity contribution in [2.45, 2.75) is 26.3 Å². The van der Waals surface area contributed by atoms with Gasteiger partial charge in [0.1, 0.15) is 0 Å². The summed E-state index contributed by atoms with van der Waals surface area (Å²) in [6.07, 6.45) is 0. The van der Waals surface area contributed by atoms with Crippen molar-refractivity contribution >= 4 is 23.0 Å². The van der Waals surface area contributed by atoms with Crippen LogP contribution in [0.25, 0.3) is 0 Å². The van der Waals surface area contributed by atoms with E-state index in [4.69, 9.17) is 22.4 Å². The Bertz CT molecular complexity index is 364. The summed E-state index contributed by atoms with van der Waals surface area (Å²) in [5, 5.41) is 12.9. The number of rotatable bonds is 3. The maximum absolute atomic E-state index is 9.15. The molecule has 0 heterocycles. The molecule has 0 bridgehead atoms. The topological polar surface area (TPSA) is 58.3 Å². The molecule has 0 radical (unpaired) electrons. The maximum Gasteiger partial charge on any atom is 0.0656 e. The number of benzene rings is 1. The Kier molecular flexibility index (Phi) is 3.47. The number of nitrogen functional groups attached to an aromatic ring is 1. The Hall–Kier alpha value is -0.930. The molecule has 84 valence electrons. The number of hydrogen-bond acceptors (Lipinski definition) is 3. The van der Waals surface area contributed by atoms with Gasteiger partial charge in [-0.15, -0.1) is 0 Å². The first-order chi connectivity index (χ1) is 6.85. The van der Waals surface area contributed by atoms with Crippen LogP contribution in [0.2, 0.25) is 5.02 Å². The van der Waals surface area contributed by atoms with Crippen molar-refractivity contribution in [3.05, 3.63) is 22.7 Å². The standard InChI is InChI=1S/C11H17ClN2O/c1-7-4-9(13)8(12)5-10(7)14-11(2,3)6-15/h4-5,14-15H,6,13H2,1-3H3. The van der Waals surface area contributed by atoms with E-state index >= 15 is 0 Å². The van der Waals surface area contributed by atoms with Crippen molar-refractivity contribution < 1.29 is 5.11 Å². The van der Waals surface area contributed by atoms with Crippen LogP contribution in [0.4, 0.5) is 11.4 Å². The number of aryl methyl sites for hydroxylation is 1. The van der Waals surface area contributed by atoms with Gasteiger partial charge in [-0.2, -0.15) is 0 Å². The average molecular weight is 229 g/mol. The van der Waals surface area contributed by atoms with Gasteiger partial charge in [-0.3, -0.25) is 0 Å². The van der Waals surface area contributed by atoms with Crippen LogP contribution in [0.3, 0.4) is 0 Å². The van der Waals surface area contributed by atoms with Crippen molar-refractivity contribution in [1.82, 2.24) is 0 Å². The lowest BCUT2D eigenvalue weighted by atomic mass is 10.1. The zero-order valence-corrected chi connectivity index (χ0v) is 10.0. The smallest absolute Gasteiger partial charge is 0.0656 e. The van der Waals surface area contributed by atoms with E-state index < -0.39 is 0 Å². The zero-order chi connectivity index (χ0) is 11.6. The molecule has 0 spiro atoms. The quantitative estimate of drug-likeness (QED) is 0.697. The van der Waals surface area contributed by atoms with Crippen molar-refractivity contribution in [3.8, 4) is 0 Å². The highest BCUT2D eigenvalue weighted by Gasteiger charge is 2.17. The summed E-state index contributed by atoms with van der Waals surface area (Å²) in [4.78, 5) is 0. The predicted octanol–water partition coefficient (Wildman–Crippen LogP) is 2.41. The average Bonchev–Trinajstić information content (AvgIpc) is 2.14. The van der Waals surface area contributed by atoms with Gasteiger partial charge in [0, 0.05) is 5.69 Å². The van der Waals surface area contributed by atoms with Crippen molar-refractivity contribution in [2.24, 2.45) is 0 Å². The highest BCUT2D eigenvalue weighted by atomic mass is 35.5. The maximum atomic E-state index is 9.15. The molecule has 0 unspecified atom stereocenters. The van der Waals surface area contributed by atoms with Crippen LogP contribution in [0.15, 0.2) is 12.1 Å². The van der Waals surface area contributed by atoms with Gasteiger partial charge in [0.25, 0.3) is 0 Å². The van der Waals surface area contributed by atoms with Crippen LogP contribution >= 0.6 is 11.6 Å². The summed E-state index contributed by atoms with van der Waals surface area (Å²) in [6.45, 7) is 5.82. The van der Waals surface area contributed by atoms with Crippen molar-refractivity contribution in [3.63, 3.8) is 0 Å². The van der Waals surface area contributed by atoms with E-state index in [2.05, 4.69) is 5.32 Å². The van der Waals surface area contributed by atoms with Gasteiger partial charge in [-0.1, -0.05) is 11.6 Å². The van der Waals surface area contributed by atoms with Gasteiger partial charge in [0.15, 0.2) is 0 Å². The molecule has 1 aromatic carbocycles. The van der Waals surface area contributed by atoms with Gasteiger partial charge in [-0.25, -0.2) is 0 Å². The fourth-order valence-corrected chi connectivity index (χ4v) is 1.41. The first-order valence-electron chi connectivity index (χ1n) is 4.80. The molecule has 1 rings (SSSR count). The second kappa shape index (κ2) is 4.29. The molecule has 0 saturated carbocycles. The van der Waals surface area contributed by atoms with Gasteiger partial charge in [0.05, 0.1) is 22.9 Å². The molecule has 4 heteroatoms. The molecular formula is C11H17ClN2O. The fourth-order valence-electron chi connectivity index (χ4n) is 1.24. The highest BCUT2D eigenvalue weighted by molar-refractivity contribution is 6.33. The number of aliphatic hydroxyl groups excluding tert-OH is 1. The second-order valence-electron chi connectivity index (χ2n) is 4.36. The van der Waals surface area contributed by atoms with E-state index in [1.165, 1.54) is 0 Å². The third kappa shape index (κ3) is 3.01. The van der Waals surface area contributed by atoms with Gasteiger partial charge in [-0.05, 0) is 38.5 Å². The summed E-state index contributed by atoms with van der Waals surface area (Å²) in [7, 11) is 0. The lowest BCUT2D eigenvalue weighted by Gasteiger charge is -2.26. The van der Waals surface area contributed by atoms with Crippen LogP contribution in [-0.2, 0) is 0 Å². The van der Waals surface area contributed by atoms with Crippen LogP contribution in [0, 0.1) is 6.92 Å². The first-order valence-corrected chi connectivity index (χ1v) is 5.18. The summed E-state index contributed by atoms with van der Waals surface area (Å²) >= 11 is 5.93. The number of nitrogens with one attached hydrogen (secondary N) is 1. The lowest BCUT2D eigenvalue weighted by Crippen LogP contribution is -2.35. The Morgan fingerprint density at radius 2 is 2.07 bits per heavy atom. The molecule has 0 fully saturated rings. The van der Waals surface area contributed by atoms with Crippen molar-refractivity contribution in [2.75, 3.05) is 17.7 Å². The van der Waals surface area contributed by atoms with Crippen molar-refractivity contribution in [1.29, 1.82) is 0 Å². The molecule has 0 aliphatic heterocycles. The van der Waals surface area contributed by atoms with Crippen LogP contribution in [-0.4, -0.2) is 17.3 Å². The van der Waals surface area contributed by atoms with E-state index in [1.54, 1.807) is 6.07 Å². The van der Waals surface area contributed by atoms with E-state index in [-0.39, 0.29) is 12.1 Å². The fraction of sp³-hybridized carbons (Fsp3) is 0.455. The molecule has 4 N–H and O–H groups in total. The van der Waals surface area contributed by atoms with Gasteiger partial charge >= 0.3 is 0 Å². The molecule has 0 aliphatic carbocycles. The number of halogens is 1. The minimum Gasteiger partial charge on any atom is -0.398 e. The van der Waals surface area contributed by atoms with Crippen LogP contribution in [0.5, 0.6) is 0 Å². The molecule has 0 aliphatic rings. The number of anilines is 2. The Balaban J connectivity index is 3.01. The molecule has 15 heavy (non-hydrogen) atoms. The summed E-state index contributed by atoms with van der Waals surface area (Å²) < 4.78 is 0. The normalized spacial score (nSPS) is 11.5. The number of nitrogens with two attached hydrogens (primary N) is 1. The van der Waals surface area contributed by atoms with E-state index in [0.29, 0.717) is 10.7 Å². The van der Waals surface area contributed by atoms with E-state index in [1.807, 2.05) is 26.8 Å². The minimum absolute atomic E-state index is 0.0500. The molecule has 3 nitrogen and oxygen atoms in total. The lowest BCUT2D eigenvalue weighted by molar-refractivity contribution is 0.234. The third-order valence-corrected chi connectivity index (χ3v) is 2.54. The highest BCUT2D eigenvalue weighted by Crippen LogP contribution is 2.28. The SMILES string of the molecule is Cc1cc(N)c(Cl)cc1NC(C)(C)CO. The second-order valence-corrected chi connectivity index (χ2v) is 4.76. The molecule has 0 atom stereocenters. The zero-order valence-electron chi connectivity index (χ0n) is 9.26. The van der Waals surface area contributed by atoms with E-state index in [0.717, 1.165) is 11.3 Å². The van der Waals surface area contributed by atoms with Crippen LogP contribution in [0.1, 0.15) is 19.4 Å². The molecule has 1 aromatic rings. The molecule has 0 saturated heterocycles. The minimum atomic E-state index is -0.371. The summed E-state index contributed by atoms with van der Waals surface area (Å²) in [5.41, 5.74) is 7.79. The largest absolute Gasteiger partial charge is 0.398 e. The third-order valence-electron chi connectivity index (χ3n) is 2.21. The summed E-state index contributed by atoms with van der Waals surface area (Å²) in [5.74, 6) is 0. The Morgan fingerprint density at radius 3 is 2.60 bits per heavy atom. The predicted molar refractivity (Wildman–Crippen MR) is 65.4 cm³/mol. The van der Waals surface area contributed by atoms with Gasteiger partial charge < -0.3 is 16.2 Å². The Labute approximate surface area is 95.2 Å². The molecular weight excluding hydrogens is 212 g/mol. The molecule has 0 aromatic heterocycles. The molecule has 0 amide bonds. The number of hydrogen-bond donors (Lipinski definition) is 3.